The average Bonchev–Trinajstić information content (AvgIpc) is 3.37. The molecule has 2 aliphatic heterocycles. The van der Waals surface area contributed by atoms with Crippen LogP contribution in [0.15, 0.2) is 77.6 Å². The quantitative estimate of drug-likeness (QED) is 0.590. The number of hydrogen-bond donors (Lipinski definition) is 1. The number of piperazine rings is 1. The van der Waals surface area contributed by atoms with Crippen molar-refractivity contribution in [2.45, 2.75) is 44.8 Å². The Labute approximate surface area is 207 Å². The molecule has 0 radical (unpaired) electrons. The zero-order valence-corrected chi connectivity index (χ0v) is 20.6. The summed E-state index contributed by atoms with van der Waals surface area (Å²) in [5.41, 5.74) is 3.51. The summed E-state index contributed by atoms with van der Waals surface area (Å²) in [5.74, 6) is 0. The number of likely N-dealkylation sites (tertiary alicyclic amines) is 1. The summed E-state index contributed by atoms with van der Waals surface area (Å²) in [7, 11) is 0. The first kappa shape index (κ1) is 23.4. The number of carbonyl (C=O) groups excluding carboxylic acids is 1. The second kappa shape index (κ2) is 9.70. The van der Waals surface area contributed by atoms with E-state index in [0.29, 0.717) is 19.6 Å². The van der Waals surface area contributed by atoms with E-state index in [9.17, 15) is 9.59 Å². The molecule has 0 bridgehead atoms. The van der Waals surface area contributed by atoms with Gasteiger partial charge < -0.3 is 14.8 Å². The zero-order valence-electron chi connectivity index (χ0n) is 20.6. The smallest absolute Gasteiger partial charge is 0.320 e. The average molecular weight is 471 g/mol. The van der Waals surface area contributed by atoms with Crippen LogP contribution in [-0.2, 0) is 6.54 Å². The number of urea groups is 1. The number of aromatic amines is 1. The summed E-state index contributed by atoms with van der Waals surface area (Å²) in [5, 5.41) is 0. The third-order valence-electron chi connectivity index (χ3n) is 7.46. The zero-order chi connectivity index (χ0) is 24.4. The molecule has 3 aromatic rings. The number of benzene rings is 2. The van der Waals surface area contributed by atoms with Crippen LogP contribution < -0.4 is 5.56 Å². The first-order valence-electron chi connectivity index (χ1n) is 12.6. The lowest BCUT2D eigenvalue weighted by Gasteiger charge is -2.48. The van der Waals surface area contributed by atoms with Crippen molar-refractivity contribution in [2.75, 3.05) is 26.2 Å². The fourth-order valence-electron chi connectivity index (χ4n) is 5.47. The molecule has 2 amide bonds. The van der Waals surface area contributed by atoms with Crippen LogP contribution in [0.1, 0.15) is 43.9 Å². The molecule has 2 saturated heterocycles. The van der Waals surface area contributed by atoms with E-state index in [1.54, 1.807) is 0 Å². The number of hydrogen-bond acceptors (Lipinski definition) is 3. The van der Waals surface area contributed by atoms with Gasteiger partial charge >= 0.3 is 6.03 Å². The maximum atomic E-state index is 13.5. The Kier molecular flexibility index (Phi) is 6.48. The van der Waals surface area contributed by atoms with Crippen LogP contribution in [0.3, 0.4) is 0 Å². The van der Waals surface area contributed by atoms with E-state index in [0.717, 1.165) is 42.8 Å². The molecule has 0 unspecified atom stereocenters. The predicted octanol–water partition coefficient (Wildman–Crippen LogP) is 4.90. The molecule has 1 aromatic heterocycles. The van der Waals surface area contributed by atoms with Gasteiger partial charge in [-0.05, 0) is 43.9 Å². The number of amides is 2. The number of carbonyl (C=O) groups is 1. The van der Waals surface area contributed by atoms with Crippen molar-refractivity contribution in [3.63, 3.8) is 0 Å². The fraction of sp³-hybridized carbons (Fsp3) is 0.379. The highest BCUT2D eigenvalue weighted by Crippen LogP contribution is 2.34. The maximum absolute atomic E-state index is 13.5. The lowest BCUT2D eigenvalue weighted by atomic mass is 9.97. The highest BCUT2D eigenvalue weighted by molar-refractivity contribution is 5.75. The summed E-state index contributed by atoms with van der Waals surface area (Å²) in [4.78, 5) is 35.8. The van der Waals surface area contributed by atoms with Crippen LogP contribution in [-0.4, -0.2) is 57.4 Å². The van der Waals surface area contributed by atoms with Crippen molar-refractivity contribution in [3.8, 4) is 11.3 Å². The van der Waals surface area contributed by atoms with Crippen molar-refractivity contribution in [1.29, 1.82) is 0 Å². The molecule has 2 aromatic carbocycles. The Hall–Kier alpha value is -3.38. The number of nitrogens with zero attached hydrogens (tertiary/aromatic N) is 3. The predicted molar refractivity (Wildman–Crippen MR) is 139 cm³/mol. The largest absolute Gasteiger partial charge is 0.322 e. The number of rotatable bonds is 4. The van der Waals surface area contributed by atoms with Gasteiger partial charge in [-0.1, -0.05) is 66.7 Å². The van der Waals surface area contributed by atoms with Gasteiger partial charge in [-0.15, -0.1) is 0 Å². The summed E-state index contributed by atoms with van der Waals surface area (Å²) >= 11 is 0. The Balaban J connectivity index is 1.26. The third kappa shape index (κ3) is 4.89. The maximum Gasteiger partial charge on any atom is 0.320 e. The number of aromatic nitrogens is 1. The third-order valence-corrected chi connectivity index (χ3v) is 7.46. The van der Waals surface area contributed by atoms with Gasteiger partial charge in [0.15, 0.2) is 0 Å². The Morgan fingerprint density at radius 3 is 2.34 bits per heavy atom. The van der Waals surface area contributed by atoms with Gasteiger partial charge in [0.2, 0.25) is 0 Å². The van der Waals surface area contributed by atoms with Gasteiger partial charge in [0.25, 0.3) is 5.56 Å². The minimum absolute atomic E-state index is 0.0524. The lowest BCUT2D eigenvalue weighted by molar-refractivity contribution is 0.0205. The summed E-state index contributed by atoms with van der Waals surface area (Å²) in [6.45, 7) is 7.75. The first-order valence-corrected chi connectivity index (χ1v) is 12.6. The molecule has 0 saturated carbocycles. The molecule has 2 fully saturated rings. The van der Waals surface area contributed by atoms with Crippen LogP contribution in [0.4, 0.5) is 4.79 Å². The number of H-pyrrole nitrogens is 1. The summed E-state index contributed by atoms with van der Waals surface area (Å²) in [6, 6.07) is 24.5. The molecule has 182 valence electrons. The van der Waals surface area contributed by atoms with Crippen molar-refractivity contribution in [3.05, 3.63) is 94.3 Å². The molecule has 35 heavy (non-hydrogen) atoms. The molecule has 0 aliphatic carbocycles. The monoisotopic (exact) mass is 470 g/mol. The SMILES string of the molecule is CC1(C)CN(C(=O)N2CCC[C@H]2c2ccccc2)CCN1Cc1ccc(-c2ccccc2)[nH]c1=O. The molecule has 1 N–H and O–H groups in total. The van der Waals surface area contributed by atoms with Crippen LogP contribution in [0.5, 0.6) is 0 Å². The summed E-state index contributed by atoms with van der Waals surface area (Å²) < 4.78 is 0. The van der Waals surface area contributed by atoms with E-state index >= 15 is 0 Å². The van der Waals surface area contributed by atoms with Crippen LogP contribution >= 0.6 is 0 Å². The van der Waals surface area contributed by atoms with Gasteiger partial charge in [-0.3, -0.25) is 9.69 Å². The van der Waals surface area contributed by atoms with Crippen molar-refractivity contribution in [1.82, 2.24) is 19.7 Å². The van der Waals surface area contributed by atoms with E-state index in [1.165, 1.54) is 5.56 Å². The van der Waals surface area contributed by atoms with Crippen LogP contribution in [0.2, 0.25) is 0 Å². The number of nitrogens with one attached hydrogen (secondary N) is 1. The molecule has 1 atom stereocenters. The van der Waals surface area contributed by atoms with Crippen LogP contribution in [0.25, 0.3) is 11.3 Å². The molecule has 6 nitrogen and oxygen atoms in total. The van der Waals surface area contributed by atoms with Gasteiger partial charge in [0.05, 0.1) is 6.04 Å². The molecule has 6 heteroatoms. The minimum atomic E-state index is -0.236. The second-order valence-electron chi connectivity index (χ2n) is 10.3. The summed E-state index contributed by atoms with van der Waals surface area (Å²) in [6.07, 6.45) is 2.05. The molecule has 0 spiro atoms. The fourth-order valence-corrected chi connectivity index (χ4v) is 5.47. The Morgan fingerprint density at radius 2 is 1.66 bits per heavy atom. The van der Waals surface area contributed by atoms with Gasteiger partial charge in [-0.2, -0.15) is 0 Å². The van der Waals surface area contributed by atoms with E-state index in [1.807, 2.05) is 70.5 Å². The standard InChI is InChI=1S/C29H34N4O2/c1-29(2)21-31(28(35)33-17-9-14-26(33)23-12-7-4-8-13-23)18-19-32(29)20-24-15-16-25(30-27(24)34)22-10-5-3-6-11-22/h3-8,10-13,15-16,26H,9,14,17-21H2,1-2H3,(H,30,34)/t26-/m0/s1. The Bertz CT molecular complexity index is 1220. The molecule has 2 aliphatic rings. The van der Waals surface area contributed by atoms with Crippen molar-refractivity contribution >= 4 is 6.03 Å². The van der Waals surface area contributed by atoms with E-state index in [-0.39, 0.29) is 23.2 Å². The van der Waals surface area contributed by atoms with E-state index in [2.05, 4.69) is 35.9 Å². The number of pyridine rings is 1. The van der Waals surface area contributed by atoms with E-state index < -0.39 is 0 Å². The molecular weight excluding hydrogens is 436 g/mol. The van der Waals surface area contributed by atoms with Crippen LogP contribution in [0, 0.1) is 0 Å². The molecule has 5 rings (SSSR count). The van der Waals surface area contributed by atoms with Gasteiger partial charge in [-0.25, -0.2) is 4.79 Å². The van der Waals surface area contributed by atoms with Crippen molar-refractivity contribution < 1.29 is 4.79 Å². The normalized spacial score (nSPS) is 20.2. The topological polar surface area (TPSA) is 59.7 Å². The molecule has 3 heterocycles. The molecular formula is C29H34N4O2. The van der Waals surface area contributed by atoms with Gasteiger partial charge in [0.1, 0.15) is 0 Å². The van der Waals surface area contributed by atoms with E-state index in [4.69, 9.17) is 0 Å². The second-order valence-corrected chi connectivity index (χ2v) is 10.3. The first-order chi connectivity index (χ1) is 16.9. The van der Waals surface area contributed by atoms with Gasteiger partial charge in [0, 0.05) is 49.5 Å². The minimum Gasteiger partial charge on any atom is -0.322 e. The highest BCUT2D eigenvalue weighted by atomic mass is 16.2. The lowest BCUT2D eigenvalue weighted by Crippen LogP contribution is -2.61. The highest BCUT2D eigenvalue weighted by Gasteiger charge is 2.39. The van der Waals surface area contributed by atoms with Crippen molar-refractivity contribution in [2.24, 2.45) is 0 Å². The Morgan fingerprint density at radius 1 is 0.943 bits per heavy atom.